The Morgan fingerprint density at radius 1 is 1.27 bits per heavy atom. The van der Waals surface area contributed by atoms with Crippen LogP contribution in [0.3, 0.4) is 0 Å². The van der Waals surface area contributed by atoms with Crippen LogP contribution >= 0.6 is 0 Å². The van der Waals surface area contributed by atoms with E-state index in [1.807, 2.05) is 19.6 Å². The first kappa shape index (κ1) is 14.3. The molecule has 15 heavy (non-hydrogen) atoms. The molecule has 0 aromatic heterocycles. The van der Waals surface area contributed by atoms with E-state index in [2.05, 4.69) is 0 Å². The normalized spacial score (nSPS) is 13.9. The predicted octanol–water partition coefficient (Wildman–Crippen LogP) is 3.67. The van der Waals surface area contributed by atoms with Crippen LogP contribution in [0.4, 0.5) is 13.2 Å². The molecule has 0 saturated carbocycles. The third-order valence-corrected chi connectivity index (χ3v) is 2.01. The Labute approximate surface area is 89.2 Å². The van der Waals surface area contributed by atoms with Crippen LogP contribution in [0.2, 0.25) is 19.6 Å². The molecule has 0 amide bonds. The summed E-state index contributed by atoms with van der Waals surface area (Å²) in [4.78, 5) is 0. The van der Waals surface area contributed by atoms with Crippen LogP contribution in [-0.2, 0) is 9.16 Å². The molecule has 0 spiro atoms. The van der Waals surface area contributed by atoms with Gasteiger partial charge >= 0.3 is 6.18 Å². The van der Waals surface area contributed by atoms with Crippen LogP contribution in [0.5, 0.6) is 0 Å². The van der Waals surface area contributed by atoms with E-state index in [1.54, 1.807) is 6.92 Å². The van der Waals surface area contributed by atoms with Gasteiger partial charge in [-0.2, -0.15) is 13.2 Å². The highest BCUT2D eigenvalue weighted by Gasteiger charge is 2.27. The number of rotatable bonds is 5. The second-order valence-corrected chi connectivity index (χ2v) is 8.42. The molecule has 0 rings (SSSR count). The van der Waals surface area contributed by atoms with Crippen molar-refractivity contribution in [3.05, 3.63) is 12.0 Å². The Hall–Kier alpha value is -0.653. The Balaban J connectivity index is 4.38. The Bertz CT molecular complexity index is 218. The van der Waals surface area contributed by atoms with Crippen molar-refractivity contribution >= 4 is 8.32 Å². The topological polar surface area (TPSA) is 18.5 Å². The van der Waals surface area contributed by atoms with E-state index in [4.69, 9.17) is 9.16 Å². The van der Waals surface area contributed by atoms with Crippen molar-refractivity contribution in [3.63, 3.8) is 0 Å². The van der Waals surface area contributed by atoms with Gasteiger partial charge in [0.25, 0.3) is 5.95 Å². The quantitative estimate of drug-likeness (QED) is 0.541. The summed E-state index contributed by atoms with van der Waals surface area (Å²) in [6.07, 6.45) is -4.29. The first-order chi connectivity index (χ1) is 6.64. The predicted molar refractivity (Wildman–Crippen MR) is 54.8 cm³/mol. The summed E-state index contributed by atoms with van der Waals surface area (Å²) < 4.78 is 46.2. The molecule has 0 N–H and O–H groups in total. The second kappa shape index (κ2) is 5.44. The van der Waals surface area contributed by atoms with Gasteiger partial charge < -0.3 is 9.16 Å². The van der Waals surface area contributed by atoms with E-state index in [0.717, 1.165) is 6.08 Å². The standard InChI is InChI=1S/C9H17F3O2Si/c1-5-13-8(14-15(2,3)4)6-7-9(10,11)12/h6H,5,7H2,1-4H3/b8-6-. The van der Waals surface area contributed by atoms with Crippen molar-refractivity contribution in [3.8, 4) is 0 Å². The third-order valence-electron chi connectivity index (χ3n) is 1.19. The molecule has 90 valence electrons. The van der Waals surface area contributed by atoms with Gasteiger partial charge in [-0.15, -0.1) is 0 Å². The monoisotopic (exact) mass is 242 g/mol. The largest absolute Gasteiger partial charge is 0.520 e. The van der Waals surface area contributed by atoms with E-state index >= 15 is 0 Å². The lowest BCUT2D eigenvalue weighted by molar-refractivity contribution is -0.126. The fourth-order valence-electron chi connectivity index (χ4n) is 0.773. The van der Waals surface area contributed by atoms with E-state index in [-0.39, 0.29) is 5.95 Å². The smallest absolute Gasteiger partial charge is 0.392 e. The molecular formula is C9H17F3O2Si. The SMILES string of the molecule is CCO/C(=C/CC(F)(F)F)O[Si](C)(C)C. The fraction of sp³-hybridized carbons (Fsp3) is 0.778. The average Bonchev–Trinajstić information content (AvgIpc) is 1.96. The molecule has 2 nitrogen and oxygen atoms in total. The Morgan fingerprint density at radius 3 is 2.13 bits per heavy atom. The zero-order valence-electron chi connectivity index (χ0n) is 9.44. The van der Waals surface area contributed by atoms with Crippen LogP contribution in [0.25, 0.3) is 0 Å². The number of hydrogen-bond acceptors (Lipinski definition) is 2. The zero-order chi connectivity index (χ0) is 12.1. The summed E-state index contributed by atoms with van der Waals surface area (Å²) in [7, 11) is -1.91. The number of halogens is 3. The first-order valence-electron chi connectivity index (χ1n) is 4.73. The summed E-state index contributed by atoms with van der Waals surface area (Å²) in [6, 6.07) is 0. The summed E-state index contributed by atoms with van der Waals surface area (Å²) in [5.41, 5.74) is 0. The first-order valence-corrected chi connectivity index (χ1v) is 8.13. The van der Waals surface area contributed by atoms with Gasteiger partial charge in [-0.25, -0.2) is 0 Å². The molecule has 0 atom stereocenters. The lowest BCUT2D eigenvalue weighted by Crippen LogP contribution is -2.26. The van der Waals surface area contributed by atoms with Gasteiger partial charge in [0.2, 0.25) is 8.32 Å². The second-order valence-electron chi connectivity index (χ2n) is 3.99. The van der Waals surface area contributed by atoms with Crippen molar-refractivity contribution in [2.24, 2.45) is 0 Å². The van der Waals surface area contributed by atoms with Crippen molar-refractivity contribution in [2.45, 2.75) is 39.2 Å². The molecule has 0 unspecified atom stereocenters. The molecule has 0 heterocycles. The van der Waals surface area contributed by atoms with E-state index in [0.29, 0.717) is 6.61 Å². The molecular weight excluding hydrogens is 225 g/mol. The molecule has 6 heteroatoms. The number of hydrogen-bond donors (Lipinski definition) is 0. The minimum absolute atomic E-state index is 0.00556. The Kier molecular flexibility index (Phi) is 5.20. The van der Waals surface area contributed by atoms with Gasteiger partial charge in [0.05, 0.1) is 13.0 Å². The van der Waals surface area contributed by atoms with Gasteiger partial charge in [-0.05, 0) is 26.6 Å². The Morgan fingerprint density at radius 2 is 1.80 bits per heavy atom. The summed E-state index contributed by atoms with van der Waals surface area (Å²) in [5.74, 6) is -0.00556. The average molecular weight is 242 g/mol. The van der Waals surface area contributed by atoms with Crippen molar-refractivity contribution in [2.75, 3.05) is 6.61 Å². The number of ether oxygens (including phenoxy) is 1. The summed E-state index contributed by atoms with van der Waals surface area (Å²) in [6.45, 7) is 7.65. The van der Waals surface area contributed by atoms with Crippen LogP contribution in [0.1, 0.15) is 13.3 Å². The van der Waals surface area contributed by atoms with Crippen molar-refractivity contribution < 1.29 is 22.3 Å². The van der Waals surface area contributed by atoms with Gasteiger partial charge in [0, 0.05) is 6.08 Å². The molecule has 0 aliphatic heterocycles. The van der Waals surface area contributed by atoms with Gasteiger partial charge in [-0.3, -0.25) is 0 Å². The van der Waals surface area contributed by atoms with Crippen LogP contribution in [0, 0.1) is 0 Å². The van der Waals surface area contributed by atoms with Crippen molar-refractivity contribution in [1.82, 2.24) is 0 Å². The molecule has 0 saturated heterocycles. The molecule has 0 radical (unpaired) electrons. The van der Waals surface area contributed by atoms with E-state index < -0.39 is 20.9 Å². The van der Waals surface area contributed by atoms with Gasteiger partial charge in [0.1, 0.15) is 0 Å². The maximum atomic E-state index is 11.9. The fourth-order valence-corrected chi connectivity index (χ4v) is 1.52. The minimum atomic E-state index is -4.22. The lowest BCUT2D eigenvalue weighted by Gasteiger charge is -2.21. The summed E-state index contributed by atoms with van der Waals surface area (Å²) in [5, 5.41) is 0. The highest BCUT2D eigenvalue weighted by atomic mass is 28.4. The minimum Gasteiger partial charge on any atom is -0.520 e. The molecule has 0 fully saturated rings. The van der Waals surface area contributed by atoms with Crippen LogP contribution in [0.15, 0.2) is 12.0 Å². The number of alkyl halides is 3. The lowest BCUT2D eigenvalue weighted by atomic mass is 10.4. The van der Waals surface area contributed by atoms with E-state index in [9.17, 15) is 13.2 Å². The summed E-state index contributed by atoms with van der Waals surface area (Å²) >= 11 is 0. The maximum Gasteiger partial charge on any atom is 0.392 e. The molecule has 0 aromatic carbocycles. The highest BCUT2D eigenvalue weighted by molar-refractivity contribution is 6.69. The van der Waals surface area contributed by atoms with E-state index in [1.165, 1.54) is 0 Å². The maximum absolute atomic E-state index is 11.9. The molecule has 0 bridgehead atoms. The van der Waals surface area contributed by atoms with Crippen LogP contribution < -0.4 is 0 Å². The third kappa shape index (κ3) is 9.65. The molecule has 0 aliphatic rings. The van der Waals surface area contributed by atoms with Crippen LogP contribution in [-0.4, -0.2) is 21.1 Å². The number of allylic oxidation sites excluding steroid dienone is 1. The van der Waals surface area contributed by atoms with Gasteiger partial charge in [-0.1, -0.05) is 0 Å². The van der Waals surface area contributed by atoms with Gasteiger partial charge in [0.15, 0.2) is 0 Å². The van der Waals surface area contributed by atoms with Crippen molar-refractivity contribution in [1.29, 1.82) is 0 Å². The zero-order valence-corrected chi connectivity index (χ0v) is 10.4. The molecule has 0 aromatic rings. The highest BCUT2D eigenvalue weighted by Crippen LogP contribution is 2.22. The molecule has 0 aliphatic carbocycles.